The fourth-order valence-corrected chi connectivity index (χ4v) is 1.57. The number of hydrogen-bond acceptors (Lipinski definition) is 4. The number of fused-ring (bicyclic) bond motifs is 1. The minimum Gasteiger partial charge on any atom is -0.443 e. The van der Waals surface area contributed by atoms with Gasteiger partial charge in [-0.2, -0.15) is 5.26 Å². The Bertz CT molecular complexity index is 512. The summed E-state index contributed by atoms with van der Waals surface area (Å²) in [5.74, 6) is 0. The van der Waals surface area contributed by atoms with E-state index < -0.39 is 0 Å². The molecule has 16 heavy (non-hydrogen) atoms. The van der Waals surface area contributed by atoms with Crippen LogP contribution in [0.3, 0.4) is 0 Å². The van der Waals surface area contributed by atoms with E-state index in [9.17, 15) is 0 Å². The second-order valence-electron chi connectivity index (χ2n) is 3.80. The van der Waals surface area contributed by atoms with E-state index in [2.05, 4.69) is 11.1 Å². The lowest BCUT2D eigenvalue weighted by Crippen LogP contribution is -2.21. The summed E-state index contributed by atoms with van der Waals surface area (Å²) in [5, 5.41) is 8.53. The first-order valence-corrected chi connectivity index (χ1v) is 5.17. The molecule has 0 radical (unpaired) electrons. The van der Waals surface area contributed by atoms with Gasteiger partial charge in [-0.05, 0) is 31.2 Å². The highest BCUT2D eigenvalue weighted by Crippen LogP contribution is 2.14. The smallest absolute Gasteiger partial charge is 0.181 e. The number of rotatable bonds is 4. The number of likely N-dealkylation sites (N-methyl/N-ethyl adjacent to an activating group) is 1. The average molecular weight is 215 g/mol. The third-order valence-corrected chi connectivity index (χ3v) is 2.52. The molecule has 4 heteroatoms. The maximum absolute atomic E-state index is 8.53. The number of oxazole rings is 1. The molecule has 0 N–H and O–H groups in total. The molecule has 0 fully saturated rings. The summed E-state index contributed by atoms with van der Waals surface area (Å²) in [4.78, 5) is 6.06. The summed E-state index contributed by atoms with van der Waals surface area (Å²) in [7, 11) is 1.94. The van der Waals surface area contributed by atoms with E-state index in [0.717, 1.165) is 24.1 Å². The minimum absolute atomic E-state index is 0.463. The fourth-order valence-electron chi connectivity index (χ4n) is 1.57. The molecule has 0 aliphatic carbocycles. The summed E-state index contributed by atoms with van der Waals surface area (Å²) >= 11 is 0. The standard InChI is InChI=1S/C12H13N3O/c1-15(7-5-13)6-4-10-2-3-11-12(8-10)16-9-14-11/h2-3,8-9H,4,6-7H2,1H3. The number of hydrogen-bond donors (Lipinski definition) is 0. The van der Waals surface area contributed by atoms with Gasteiger partial charge in [-0.15, -0.1) is 0 Å². The van der Waals surface area contributed by atoms with Gasteiger partial charge in [0.15, 0.2) is 12.0 Å². The molecule has 1 aromatic heterocycles. The summed E-state index contributed by atoms with van der Waals surface area (Å²) in [6, 6.07) is 8.13. The van der Waals surface area contributed by atoms with E-state index in [0.29, 0.717) is 6.54 Å². The molecule has 0 bridgehead atoms. The van der Waals surface area contributed by atoms with E-state index >= 15 is 0 Å². The first-order chi connectivity index (χ1) is 7.79. The zero-order valence-corrected chi connectivity index (χ0v) is 9.18. The minimum atomic E-state index is 0.463. The SMILES string of the molecule is CN(CC#N)CCc1ccc2ncoc2c1. The molecule has 1 heterocycles. The zero-order chi connectivity index (χ0) is 11.4. The number of benzene rings is 1. The van der Waals surface area contributed by atoms with Crippen molar-refractivity contribution in [2.45, 2.75) is 6.42 Å². The summed E-state index contributed by atoms with van der Waals surface area (Å²) in [5.41, 5.74) is 2.91. The second kappa shape index (κ2) is 4.77. The Hall–Kier alpha value is -1.86. The second-order valence-corrected chi connectivity index (χ2v) is 3.80. The molecular formula is C12H13N3O. The predicted octanol–water partition coefficient (Wildman–Crippen LogP) is 1.83. The van der Waals surface area contributed by atoms with Crippen molar-refractivity contribution in [2.75, 3.05) is 20.1 Å². The lowest BCUT2D eigenvalue weighted by Gasteiger charge is -2.11. The van der Waals surface area contributed by atoms with Crippen LogP contribution in [0.2, 0.25) is 0 Å². The molecule has 2 aromatic rings. The molecule has 4 nitrogen and oxygen atoms in total. The fraction of sp³-hybridized carbons (Fsp3) is 0.333. The van der Waals surface area contributed by atoms with Crippen LogP contribution in [-0.4, -0.2) is 30.0 Å². The highest BCUT2D eigenvalue weighted by atomic mass is 16.3. The van der Waals surface area contributed by atoms with Crippen LogP contribution < -0.4 is 0 Å². The maximum atomic E-state index is 8.53. The van der Waals surface area contributed by atoms with E-state index in [1.54, 1.807) is 0 Å². The number of nitrogens with zero attached hydrogens (tertiary/aromatic N) is 3. The van der Waals surface area contributed by atoms with Crippen LogP contribution in [0.15, 0.2) is 29.0 Å². The topological polar surface area (TPSA) is 53.1 Å². The van der Waals surface area contributed by atoms with Gasteiger partial charge in [-0.25, -0.2) is 4.98 Å². The van der Waals surface area contributed by atoms with Gasteiger partial charge < -0.3 is 4.42 Å². The molecule has 1 aromatic carbocycles. The van der Waals surface area contributed by atoms with E-state index in [1.807, 2.05) is 30.1 Å². The third kappa shape index (κ3) is 2.38. The van der Waals surface area contributed by atoms with Gasteiger partial charge in [0, 0.05) is 6.54 Å². The van der Waals surface area contributed by atoms with E-state index in [1.165, 1.54) is 12.0 Å². The van der Waals surface area contributed by atoms with Crippen molar-refractivity contribution in [3.63, 3.8) is 0 Å². The normalized spacial score (nSPS) is 10.8. The molecule has 2 rings (SSSR count). The highest BCUT2D eigenvalue weighted by molar-refractivity contribution is 5.72. The predicted molar refractivity (Wildman–Crippen MR) is 60.8 cm³/mol. The number of nitriles is 1. The Labute approximate surface area is 94.1 Å². The highest BCUT2D eigenvalue weighted by Gasteiger charge is 2.02. The van der Waals surface area contributed by atoms with Crippen LogP contribution in [0.25, 0.3) is 11.1 Å². The Morgan fingerprint density at radius 1 is 1.50 bits per heavy atom. The quantitative estimate of drug-likeness (QED) is 0.730. The Balaban J connectivity index is 2.01. The Morgan fingerprint density at radius 2 is 2.38 bits per heavy atom. The van der Waals surface area contributed by atoms with Crippen molar-refractivity contribution in [3.8, 4) is 6.07 Å². The molecule has 0 saturated heterocycles. The average Bonchev–Trinajstić information content (AvgIpc) is 2.74. The molecule has 0 unspecified atom stereocenters. The summed E-state index contributed by atoms with van der Waals surface area (Å²) < 4.78 is 5.24. The summed E-state index contributed by atoms with van der Waals surface area (Å²) in [6.45, 7) is 1.33. The monoisotopic (exact) mass is 215 g/mol. The lowest BCUT2D eigenvalue weighted by molar-refractivity contribution is 0.379. The van der Waals surface area contributed by atoms with Crippen LogP contribution in [0.5, 0.6) is 0 Å². The molecule has 0 saturated carbocycles. The zero-order valence-electron chi connectivity index (χ0n) is 9.18. The van der Waals surface area contributed by atoms with Crippen LogP contribution in [0, 0.1) is 11.3 Å². The molecule has 82 valence electrons. The van der Waals surface area contributed by atoms with Gasteiger partial charge >= 0.3 is 0 Å². The lowest BCUT2D eigenvalue weighted by atomic mass is 10.1. The Kier molecular flexibility index (Phi) is 3.18. The maximum Gasteiger partial charge on any atom is 0.181 e. The van der Waals surface area contributed by atoms with Crippen molar-refractivity contribution < 1.29 is 4.42 Å². The first-order valence-electron chi connectivity index (χ1n) is 5.17. The van der Waals surface area contributed by atoms with Crippen LogP contribution >= 0.6 is 0 Å². The van der Waals surface area contributed by atoms with Crippen LogP contribution in [0.4, 0.5) is 0 Å². The van der Waals surface area contributed by atoms with Crippen molar-refractivity contribution in [3.05, 3.63) is 30.2 Å². The molecule has 0 amide bonds. The van der Waals surface area contributed by atoms with E-state index in [-0.39, 0.29) is 0 Å². The molecule has 0 aliphatic heterocycles. The van der Waals surface area contributed by atoms with Gasteiger partial charge in [0.2, 0.25) is 0 Å². The van der Waals surface area contributed by atoms with Gasteiger partial charge in [-0.1, -0.05) is 6.07 Å². The molecule has 0 atom stereocenters. The van der Waals surface area contributed by atoms with Gasteiger partial charge in [0.25, 0.3) is 0 Å². The largest absolute Gasteiger partial charge is 0.443 e. The number of aromatic nitrogens is 1. The van der Waals surface area contributed by atoms with Crippen molar-refractivity contribution in [1.29, 1.82) is 5.26 Å². The van der Waals surface area contributed by atoms with Gasteiger partial charge in [0.05, 0.1) is 12.6 Å². The molecule has 0 spiro atoms. The third-order valence-electron chi connectivity index (χ3n) is 2.52. The summed E-state index contributed by atoms with van der Waals surface area (Å²) in [6.07, 6.45) is 2.37. The van der Waals surface area contributed by atoms with Gasteiger partial charge in [-0.3, -0.25) is 4.90 Å². The van der Waals surface area contributed by atoms with Crippen LogP contribution in [-0.2, 0) is 6.42 Å². The van der Waals surface area contributed by atoms with Crippen molar-refractivity contribution >= 4 is 11.1 Å². The van der Waals surface area contributed by atoms with Crippen molar-refractivity contribution in [1.82, 2.24) is 9.88 Å². The molecular weight excluding hydrogens is 202 g/mol. The van der Waals surface area contributed by atoms with Crippen LogP contribution in [0.1, 0.15) is 5.56 Å². The first kappa shape index (κ1) is 10.7. The molecule has 0 aliphatic rings. The van der Waals surface area contributed by atoms with E-state index in [4.69, 9.17) is 9.68 Å². The van der Waals surface area contributed by atoms with Gasteiger partial charge in [0.1, 0.15) is 5.52 Å². The van der Waals surface area contributed by atoms with Crippen molar-refractivity contribution in [2.24, 2.45) is 0 Å². The Morgan fingerprint density at radius 3 is 3.19 bits per heavy atom.